The number of anilines is 1. The first-order valence-corrected chi connectivity index (χ1v) is 8.76. The van der Waals surface area contributed by atoms with E-state index in [1.807, 2.05) is 20.3 Å². The fraction of sp³-hybridized carbons (Fsp3) is 0.368. The maximum absolute atomic E-state index is 9.50. The summed E-state index contributed by atoms with van der Waals surface area (Å²) in [7, 11) is 4.05. The molecule has 0 bridgehead atoms. The van der Waals surface area contributed by atoms with Gasteiger partial charge < -0.3 is 4.90 Å². The molecule has 1 aliphatic rings. The SMILES string of the molecule is C[C@@H]1CCc2c(sc(N=Cc3ccc(N(C)C)cc3)c2C#N)C1. The van der Waals surface area contributed by atoms with E-state index in [1.54, 1.807) is 11.3 Å². The van der Waals surface area contributed by atoms with Crippen molar-refractivity contribution in [3.05, 3.63) is 45.8 Å². The standard InChI is InChI=1S/C19H21N3S/c1-13-4-9-16-17(11-20)19(23-18(16)10-13)21-12-14-5-7-15(8-6-14)22(2)3/h5-8,12-13H,4,9-10H2,1-3H3/t13-/m1/s1. The lowest BCUT2D eigenvalue weighted by Gasteiger charge is -2.17. The third-order valence-corrected chi connectivity index (χ3v) is 5.51. The summed E-state index contributed by atoms with van der Waals surface area (Å²) in [6.07, 6.45) is 5.14. The second-order valence-electron chi connectivity index (χ2n) is 6.39. The van der Waals surface area contributed by atoms with Crippen molar-refractivity contribution in [3.8, 4) is 6.07 Å². The predicted molar refractivity (Wildman–Crippen MR) is 98.2 cm³/mol. The summed E-state index contributed by atoms with van der Waals surface area (Å²) < 4.78 is 0. The van der Waals surface area contributed by atoms with Crippen molar-refractivity contribution in [1.29, 1.82) is 5.26 Å². The molecule has 3 rings (SSSR count). The molecule has 0 saturated heterocycles. The summed E-state index contributed by atoms with van der Waals surface area (Å²) in [6, 6.07) is 10.6. The Kier molecular flexibility index (Phi) is 4.49. The van der Waals surface area contributed by atoms with E-state index in [0.29, 0.717) is 5.92 Å². The Morgan fingerprint density at radius 1 is 1.30 bits per heavy atom. The highest BCUT2D eigenvalue weighted by atomic mass is 32.1. The van der Waals surface area contributed by atoms with Crippen LogP contribution in [0.2, 0.25) is 0 Å². The normalized spacial score (nSPS) is 17.0. The third-order valence-electron chi connectivity index (χ3n) is 4.35. The van der Waals surface area contributed by atoms with E-state index in [2.05, 4.69) is 47.2 Å². The second-order valence-corrected chi connectivity index (χ2v) is 7.47. The average Bonchev–Trinajstić information content (AvgIpc) is 2.89. The van der Waals surface area contributed by atoms with Crippen LogP contribution in [0.5, 0.6) is 0 Å². The van der Waals surface area contributed by atoms with Gasteiger partial charge in [0, 0.05) is 30.9 Å². The van der Waals surface area contributed by atoms with Gasteiger partial charge >= 0.3 is 0 Å². The van der Waals surface area contributed by atoms with Crippen LogP contribution in [0, 0.1) is 17.2 Å². The smallest absolute Gasteiger partial charge is 0.134 e. The lowest BCUT2D eigenvalue weighted by molar-refractivity contribution is 0.507. The Labute approximate surface area is 141 Å². The van der Waals surface area contributed by atoms with Gasteiger partial charge in [-0.15, -0.1) is 11.3 Å². The van der Waals surface area contributed by atoms with Crippen LogP contribution in [-0.2, 0) is 12.8 Å². The van der Waals surface area contributed by atoms with Gasteiger partial charge in [-0.25, -0.2) is 4.99 Å². The summed E-state index contributed by atoms with van der Waals surface area (Å²) in [5.74, 6) is 0.711. The number of fused-ring (bicyclic) bond motifs is 1. The molecule has 118 valence electrons. The summed E-state index contributed by atoms with van der Waals surface area (Å²) in [4.78, 5) is 8.04. The molecule has 4 heteroatoms. The highest BCUT2D eigenvalue weighted by molar-refractivity contribution is 7.16. The molecule has 1 aromatic heterocycles. The molecule has 0 amide bonds. The van der Waals surface area contributed by atoms with E-state index in [4.69, 9.17) is 0 Å². The molecule has 0 N–H and O–H groups in total. The minimum Gasteiger partial charge on any atom is -0.378 e. The topological polar surface area (TPSA) is 39.4 Å². The third kappa shape index (κ3) is 3.30. The van der Waals surface area contributed by atoms with E-state index in [9.17, 15) is 5.26 Å². The van der Waals surface area contributed by atoms with Crippen LogP contribution in [0.4, 0.5) is 10.7 Å². The largest absolute Gasteiger partial charge is 0.378 e. The van der Waals surface area contributed by atoms with Crippen LogP contribution < -0.4 is 4.90 Å². The van der Waals surface area contributed by atoms with Crippen molar-refractivity contribution in [2.75, 3.05) is 19.0 Å². The maximum Gasteiger partial charge on any atom is 0.134 e. The molecular weight excluding hydrogens is 302 g/mol. The number of hydrogen-bond acceptors (Lipinski definition) is 4. The molecule has 1 aromatic carbocycles. The van der Waals surface area contributed by atoms with Crippen LogP contribution in [0.15, 0.2) is 29.3 Å². The first-order valence-electron chi connectivity index (χ1n) is 7.94. The number of nitriles is 1. The van der Waals surface area contributed by atoms with E-state index in [-0.39, 0.29) is 0 Å². The molecule has 23 heavy (non-hydrogen) atoms. The fourth-order valence-electron chi connectivity index (χ4n) is 2.93. The Morgan fingerprint density at radius 2 is 2.04 bits per heavy atom. The molecule has 0 unspecified atom stereocenters. The molecule has 0 aliphatic heterocycles. The van der Waals surface area contributed by atoms with Gasteiger partial charge in [0.25, 0.3) is 0 Å². The highest BCUT2D eigenvalue weighted by Crippen LogP contribution is 2.40. The molecule has 1 heterocycles. The van der Waals surface area contributed by atoms with E-state index in [0.717, 1.165) is 29.0 Å². The zero-order valence-electron chi connectivity index (χ0n) is 13.8. The summed E-state index contributed by atoms with van der Waals surface area (Å²) in [5, 5.41) is 10.4. The van der Waals surface area contributed by atoms with Crippen molar-refractivity contribution in [2.24, 2.45) is 10.9 Å². The summed E-state index contributed by atoms with van der Waals surface area (Å²) >= 11 is 1.69. The number of hydrogen-bond donors (Lipinski definition) is 0. The average molecular weight is 323 g/mol. The Bertz CT molecular complexity index is 763. The summed E-state index contributed by atoms with van der Waals surface area (Å²) in [6.45, 7) is 2.28. The van der Waals surface area contributed by atoms with Crippen molar-refractivity contribution >= 4 is 28.2 Å². The minimum absolute atomic E-state index is 0.711. The Morgan fingerprint density at radius 3 is 2.70 bits per heavy atom. The molecule has 0 radical (unpaired) electrons. The molecule has 3 nitrogen and oxygen atoms in total. The van der Waals surface area contributed by atoms with Crippen molar-refractivity contribution in [1.82, 2.24) is 0 Å². The molecule has 2 aromatic rings. The van der Waals surface area contributed by atoms with E-state index < -0.39 is 0 Å². The first kappa shape index (κ1) is 15.8. The second kappa shape index (κ2) is 6.55. The lowest BCUT2D eigenvalue weighted by Crippen LogP contribution is -2.09. The van der Waals surface area contributed by atoms with Crippen molar-refractivity contribution in [2.45, 2.75) is 26.2 Å². The maximum atomic E-state index is 9.50. The van der Waals surface area contributed by atoms with Gasteiger partial charge in [0.15, 0.2) is 0 Å². The number of nitrogens with zero attached hydrogens (tertiary/aromatic N) is 3. The van der Waals surface area contributed by atoms with E-state index >= 15 is 0 Å². The van der Waals surface area contributed by atoms with Gasteiger partial charge in [-0.05, 0) is 48.4 Å². The highest BCUT2D eigenvalue weighted by Gasteiger charge is 2.23. The van der Waals surface area contributed by atoms with Gasteiger partial charge in [0.1, 0.15) is 11.1 Å². The van der Waals surface area contributed by atoms with Gasteiger partial charge in [0.2, 0.25) is 0 Å². The molecule has 1 atom stereocenters. The molecule has 1 aliphatic carbocycles. The number of rotatable bonds is 3. The molecule has 0 fully saturated rings. The van der Waals surface area contributed by atoms with Crippen molar-refractivity contribution < 1.29 is 0 Å². The van der Waals surface area contributed by atoms with Crippen LogP contribution in [0.25, 0.3) is 0 Å². The summed E-state index contributed by atoms with van der Waals surface area (Å²) in [5.41, 5.74) is 4.25. The zero-order valence-corrected chi connectivity index (χ0v) is 14.7. The fourth-order valence-corrected chi connectivity index (χ4v) is 4.24. The van der Waals surface area contributed by atoms with Crippen LogP contribution >= 0.6 is 11.3 Å². The van der Waals surface area contributed by atoms with Gasteiger partial charge in [-0.1, -0.05) is 19.1 Å². The molecular formula is C19H21N3S. The lowest BCUT2D eigenvalue weighted by atomic mass is 9.89. The van der Waals surface area contributed by atoms with Crippen LogP contribution in [0.3, 0.4) is 0 Å². The number of thiophene rings is 1. The first-order chi connectivity index (χ1) is 11.1. The van der Waals surface area contributed by atoms with Crippen LogP contribution in [-0.4, -0.2) is 20.3 Å². The van der Waals surface area contributed by atoms with Crippen LogP contribution in [0.1, 0.15) is 34.9 Å². The van der Waals surface area contributed by atoms with Crippen molar-refractivity contribution in [3.63, 3.8) is 0 Å². The Balaban J connectivity index is 1.86. The van der Waals surface area contributed by atoms with Gasteiger partial charge in [0.05, 0.1) is 5.56 Å². The Hall–Kier alpha value is -2.12. The van der Waals surface area contributed by atoms with Gasteiger partial charge in [-0.3, -0.25) is 0 Å². The number of aliphatic imine (C=N–C) groups is 1. The van der Waals surface area contributed by atoms with E-state index in [1.165, 1.54) is 22.5 Å². The molecule has 0 spiro atoms. The zero-order chi connectivity index (χ0) is 16.4. The molecule has 0 saturated carbocycles. The van der Waals surface area contributed by atoms with Gasteiger partial charge in [-0.2, -0.15) is 5.26 Å². The number of benzene rings is 1. The quantitative estimate of drug-likeness (QED) is 0.777. The monoisotopic (exact) mass is 323 g/mol. The predicted octanol–water partition coefficient (Wildman–Crippen LogP) is 4.56. The minimum atomic E-state index is 0.711.